The summed E-state index contributed by atoms with van der Waals surface area (Å²) in [6, 6.07) is 9.63. The van der Waals surface area contributed by atoms with Gasteiger partial charge < -0.3 is 23.6 Å². The smallest absolute Gasteiger partial charge is 0.292 e. The van der Waals surface area contributed by atoms with Crippen molar-refractivity contribution in [3.05, 3.63) is 54.2 Å². The average Bonchev–Trinajstić information content (AvgIpc) is 3.44. The van der Waals surface area contributed by atoms with Crippen molar-refractivity contribution in [1.82, 2.24) is 15.0 Å². The van der Waals surface area contributed by atoms with E-state index in [0.29, 0.717) is 38.0 Å². The molecule has 3 aliphatic rings. The van der Waals surface area contributed by atoms with Crippen LogP contribution < -0.4 is 4.74 Å². The first-order valence-electron chi connectivity index (χ1n) is 10.7. The number of hydrogen-bond donors (Lipinski definition) is 0. The van der Waals surface area contributed by atoms with E-state index in [1.165, 1.54) is 0 Å². The molecule has 0 unspecified atom stereocenters. The number of carbonyl (C=O) groups is 1. The van der Waals surface area contributed by atoms with E-state index in [2.05, 4.69) is 10.1 Å². The molecule has 3 fully saturated rings. The van der Waals surface area contributed by atoms with Gasteiger partial charge in [-0.3, -0.25) is 9.78 Å². The molecule has 1 amide bonds. The fraction of sp³-hybridized carbons (Fsp3) is 0.435. The molecule has 2 atom stereocenters. The zero-order chi connectivity index (χ0) is 20.8. The Hall–Kier alpha value is -2.97. The second-order valence-electron chi connectivity index (χ2n) is 8.44. The maximum absolute atomic E-state index is 12.8. The van der Waals surface area contributed by atoms with E-state index in [1.54, 1.807) is 17.2 Å². The Balaban J connectivity index is 1.09. The van der Waals surface area contributed by atoms with E-state index >= 15 is 0 Å². The minimum Gasteiger partial charge on any atom is -0.485 e. The molecule has 31 heavy (non-hydrogen) atoms. The van der Waals surface area contributed by atoms with E-state index in [-0.39, 0.29) is 24.2 Å². The Morgan fingerprint density at radius 2 is 1.90 bits per heavy atom. The maximum Gasteiger partial charge on any atom is 0.292 e. The van der Waals surface area contributed by atoms with Crippen LogP contribution in [0.25, 0.3) is 10.8 Å². The third-order valence-electron chi connectivity index (χ3n) is 6.16. The number of fused-ring (bicyclic) bond motifs is 2. The van der Waals surface area contributed by atoms with Crippen LogP contribution in [0.2, 0.25) is 0 Å². The topological polar surface area (TPSA) is 86.9 Å². The van der Waals surface area contributed by atoms with Crippen LogP contribution >= 0.6 is 0 Å². The van der Waals surface area contributed by atoms with Gasteiger partial charge in [0.1, 0.15) is 24.1 Å². The molecule has 8 heteroatoms. The summed E-state index contributed by atoms with van der Waals surface area (Å²) < 4.78 is 23.7. The third-order valence-corrected chi connectivity index (χ3v) is 6.16. The van der Waals surface area contributed by atoms with Gasteiger partial charge in [0.25, 0.3) is 5.91 Å². The quantitative estimate of drug-likeness (QED) is 0.640. The van der Waals surface area contributed by atoms with Crippen molar-refractivity contribution in [2.75, 3.05) is 26.3 Å². The predicted molar refractivity (Wildman–Crippen MR) is 110 cm³/mol. The van der Waals surface area contributed by atoms with Gasteiger partial charge in [-0.1, -0.05) is 17.3 Å². The summed E-state index contributed by atoms with van der Waals surface area (Å²) in [6.07, 6.45) is 5.24. The third kappa shape index (κ3) is 3.66. The first kappa shape index (κ1) is 18.8. The lowest BCUT2D eigenvalue weighted by Crippen LogP contribution is -2.32. The van der Waals surface area contributed by atoms with Crippen LogP contribution in [0, 0.1) is 0 Å². The minimum atomic E-state index is -0.219. The summed E-state index contributed by atoms with van der Waals surface area (Å²) in [5, 5.41) is 6.08. The molecule has 0 bridgehead atoms. The van der Waals surface area contributed by atoms with Gasteiger partial charge in [0.2, 0.25) is 5.76 Å². The van der Waals surface area contributed by atoms with Crippen molar-refractivity contribution in [3.63, 3.8) is 0 Å². The maximum atomic E-state index is 12.8. The first-order valence-corrected chi connectivity index (χ1v) is 10.7. The monoisotopic (exact) mass is 421 g/mol. The van der Waals surface area contributed by atoms with Crippen LogP contribution in [0.3, 0.4) is 0 Å². The number of nitrogens with zero attached hydrogens (tertiary/aromatic N) is 3. The van der Waals surface area contributed by atoms with Gasteiger partial charge >= 0.3 is 0 Å². The molecular weight excluding hydrogens is 398 g/mol. The summed E-state index contributed by atoms with van der Waals surface area (Å²) >= 11 is 0. The second-order valence-corrected chi connectivity index (χ2v) is 8.44. The van der Waals surface area contributed by atoms with Gasteiger partial charge in [-0.15, -0.1) is 0 Å². The highest BCUT2D eigenvalue weighted by molar-refractivity contribution is 5.91. The van der Waals surface area contributed by atoms with Crippen molar-refractivity contribution in [1.29, 1.82) is 0 Å². The zero-order valence-electron chi connectivity index (χ0n) is 17.0. The molecule has 1 aromatic carbocycles. The van der Waals surface area contributed by atoms with Gasteiger partial charge in [0.05, 0.1) is 32.0 Å². The van der Waals surface area contributed by atoms with Crippen molar-refractivity contribution in [3.8, 4) is 5.75 Å². The standard InChI is InChI=1S/C23H23N3O5/c27-23(20-8-18(25-31-20)14-4-5-14)26-10-21-22(11-26)29-13-16(12-28-21)30-19-3-1-2-15-9-24-7-6-17(15)19/h1-3,6-9,14,16,21-22H,4-5,10-13H2/t21-,22-/m0/s1. The average molecular weight is 421 g/mol. The van der Waals surface area contributed by atoms with Crippen LogP contribution in [0.1, 0.15) is 35.0 Å². The molecule has 1 saturated carbocycles. The minimum absolute atomic E-state index is 0.156. The Kier molecular flexibility index (Phi) is 4.61. The summed E-state index contributed by atoms with van der Waals surface area (Å²) in [4.78, 5) is 18.7. The number of rotatable bonds is 4. The van der Waals surface area contributed by atoms with E-state index in [9.17, 15) is 4.79 Å². The lowest BCUT2D eigenvalue weighted by Gasteiger charge is -2.19. The molecule has 2 aromatic heterocycles. The summed E-state index contributed by atoms with van der Waals surface area (Å²) in [5.74, 6) is 1.39. The van der Waals surface area contributed by atoms with Gasteiger partial charge in [-0.25, -0.2) is 0 Å². The SMILES string of the molecule is O=C(c1cc(C2CC2)no1)N1C[C@@H]2OCC(Oc3cccc4cnccc34)CO[C@H]2C1. The first-order chi connectivity index (χ1) is 15.2. The molecular formula is C23H23N3O5. The Morgan fingerprint density at radius 1 is 1.10 bits per heavy atom. The number of likely N-dealkylation sites (tertiary alicyclic amines) is 1. The lowest BCUT2D eigenvalue weighted by molar-refractivity contribution is -0.00461. The van der Waals surface area contributed by atoms with Crippen LogP contribution in [0.15, 0.2) is 47.2 Å². The van der Waals surface area contributed by atoms with E-state index in [0.717, 1.165) is 35.1 Å². The highest BCUT2D eigenvalue weighted by Crippen LogP contribution is 2.39. The van der Waals surface area contributed by atoms with Gasteiger partial charge in [-0.05, 0) is 25.0 Å². The highest BCUT2D eigenvalue weighted by Gasteiger charge is 2.41. The predicted octanol–water partition coefficient (Wildman–Crippen LogP) is 2.79. The normalized spacial score (nSPS) is 24.2. The number of ether oxygens (including phenoxy) is 3. The van der Waals surface area contributed by atoms with Crippen LogP contribution in [0.4, 0.5) is 0 Å². The summed E-state index contributed by atoms with van der Waals surface area (Å²) in [5.41, 5.74) is 0.883. The van der Waals surface area contributed by atoms with Gasteiger partial charge in [0.15, 0.2) is 0 Å². The van der Waals surface area contributed by atoms with E-state index in [4.69, 9.17) is 18.7 Å². The number of carbonyl (C=O) groups excluding carboxylic acids is 1. The number of benzene rings is 1. The molecule has 2 saturated heterocycles. The zero-order valence-corrected chi connectivity index (χ0v) is 17.0. The fourth-order valence-electron chi connectivity index (χ4n) is 4.30. The van der Waals surface area contributed by atoms with E-state index in [1.807, 2.05) is 30.5 Å². The molecule has 0 radical (unpaired) electrons. The lowest BCUT2D eigenvalue weighted by atomic mass is 10.1. The molecule has 0 spiro atoms. The van der Waals surface area contributed by atoms with Crippen LogP contribution in [0.5, 0.6) is 5.75 Å². The van der Waals surface area contributed by atoms with Gasteiger partial charge in [0, 0.05) is 35.2 Å². The number of aromatic nitrogens is 2. The molecule has 1 aliphatic carbocycles. The number of amides is 1. The van der Waals surface area contributed by atoms with Gasteiger partial charge in [-0.2, -0.15) is 0 Å². The van der Waals surface area contributed by atoms with Crippen LogP contribution in [-0.2, 0) is 9.47 Å². The Morgan fingerprint density at radius 3 is 2.68 bits per heavy atom. The van der Waals surface area contributed by atoms with Crippen molar-refractivity contribution in [2.45, 2.75) is 37.1 Å². The molecule has 6 rings (SSSR count). The summed E-state index contributed by atoms with van der Waals surface area (Å²) in [7, 11) is 0. The van der Waals surface area contributed by atoms with Crippen molar-refractivity contribution < 1.29 is 23.5 Å². The molecule has 0 N–H and O–H groups in total. The van der Waals surface area contributed by atoms with Crippen molar-refractivity contribution >= 4 is 16.7 Å². The Labute approximate surface area is 179 Å². The molecule has 8 nitrogen and oxygen atoms in total. The highest BCUT2D eigenvalue weighted by atomic mass is 16.6. The van der Waals surface area contributed by atoms with Crippen LogP contribution in [-0.4, -0.2) is 65.6 Å². The Bertz CT molecular complexity index is 1090. The van der Waals surface area contributed by atoms with E-state index < -0.39 is 0 Å². The fourth-order valence-corrected chi connectivity index (χ4v) is 4.30. The number of hydrogen-bond acceptors (Lipinski definition) is 7. The molecule has 2 aliphatic heterocycles. The number of pyridine rings is 1. The second kappa shape index (κ2) is 7.62. The molecule has 160 valence electrons. The summed E-state index contributed by atoms with van der Waals surface area (Å²) in [6.45, 7) is 1.74. The molecule has 4 heterocycles. The largest absolute Gasteiger partial charge is 0.485 e. The molecule has 3 aromatic rings. The van der Waals surface area contributed by atoms with Crippen molar-refractivity contribution in [2.24, 2.45) is 0 Å².